The van der Waals surface area contributed by atoms with Crippen LogP contribution in [0.25, 0.3) is 0 Å². The van der Waals surface area contributed by atoms with Crippen LogP contribution in [0.5, 0.6) is 0 Å². The van der Waals surface area contributed by atoms with Gasteiger partial charge in [-0.2, -0.15) is 0 Å². The fraction of sp³-hybridized carbons (Fsp3) is 0.933. The summed E-state index contributed by atoms with van der Waals surface area (Å²) in [4.78, 5) is 11.6. The molecule has 0 radical (unpaired) electrons. The van der Waals surface area contributed by atoms with Crippen LogP contribution in [0.4, 0.5) is 0 Å². The highest BCUT2D eigenvalue weighted by atomic mass is 16.6. The number of carbonyl (C=O) groups excluding carboxylic acids is 1. The van der Waals surface area contributed by atoms with Crippen LogP contribution in [0.2, 0.25) is 0 Å². The van der Waals surface area contributed by atoms with E-state index in [1.54, 1.807) is 7.11 Å². The Kier molecular flexibility index (Phi) is 27.8. The first-order valence-electron chi connectivity index (χ1n) is 5.20. The van der Waals surface area contributed by atoms with Gasteiger partial charge < -0.3 is 9.47 Å². The second kappa shape index (κ2) is 16.4. The Bertz CT molecular complexity index is 165. The lowest BCUT2D eigenvalue weighted by Crippen LogP contribution is -2.27. The number of esters is 1. The number of ether oxygens (including phenoxy) is 2. The Morgan fingerprint density at radius 2 is 1.56 bits per heavy atom. The van der Waals surface area contributed by atoms with Crippen LogP contribution in [0.3, 0.4) is 0 Å². The van der Waals surface area contributed by atoms with E-state index in [2.05, 4.69) is 6.92 Å². The first-order valence-corrected chi connectivity index (χ1v) is 5.20. The molecule has 3 nitrogen and oxygen atoms in total. The van der Waals surface area contributed by atoms with Crippen molar-refractivity contribution in [3.05, 3.63) is 0 Å². The zero-order valence-electron chi connectivity index (χ0n) is 9.76. The van der Waals surface area contributed by atoms with Crippen LogP contribution in [0.15, 0.2) is 0 Å². The molecule has 0 saturated carbocycles. The van der Waals surface area contributed by atoms with Gasteiger partial charge in [0.1, 0.15) is 6.61 Å². The van der Waals surface area contributed by atoms with Gasteiger partial charge in [-0.1, -0.05) is 49.5 Å². The number of rotatable bonds is 7. The second-order valence-corrected chi connectivity index (χ2v) is 4.12. The Morgan fingerprint density at radius 3 is 1.94 bits per heavy atom. The predicted octanol–water partition coefficient (Wildman–Crippen LogP) is 4.94. The van der Waals surface area contributed by atoms with E-state index < -0.39 is 0 Å². The van der Waals surface area contributed by atoms with Crippen LogP contribution in [-0.2, 0) is 14.3 Å². The van der Waals surface area contributed by atoms with Crippen molar-refractivity contribution in [3.63, 3.8) is 0 Å². The lowest BCUT2D eigenvalue weighted by molar-refractivity contribution is -0.155. The molecule has 0 amide bonds. The highest BCUT2D eigenvalue weighted by molar-refractivity contribution is 5.75. The average Bonchev–Trinajstić information content (AvgIpc) is 2.15. The van der Waals surface area contributed by atoms with Crippen molar-refractivity contribution < 1.29 is 14.3 Å². The van der Waals surface area contributed by atoms with E-state index in [-0.39, 0.29) is 41.1 Å². The van der Waals surface area contributed by atoms with E-state index in [0.29, 0.717) is 13.2 Å². The molecule has 0 aliphatic heterocycles. The smallest absolute Gasteiger partial charge is 0.311 e. The number of unbranched alkanes of at least 4 members (excludes halogenated alkanes) is 1. The molecule has 116 valence electrons. The molecule has 0 bridgehead atoms. The summed E-state index contributed by atoms with van der Waals surface area (Å²) in [5.41, 5.74) is -0.357. The lowest BCUT2D eigenvalue weighted by Gasteiger charge is -2.21. The molecule has 0 rings (SSSR count). The minimum absolute atomic E-state index is 0. The molecule has 3 heteroatoms. The summed E-state index contributed by atoms with van der Waals surface area (Å²) < 4.78 is 9.89. The minimum Gasteiger partial charge on any atom is -0.463 e. The first kappa shape index (κ1) is 30.5. The summed E-state index contributed by atoms with van der Waals surface area (Å²) in [5, 5.41) is 0. The van der Waals surface area contributed by atoms with Gasteiger partial charge in [-0.15, -0.1) is 0 Å². The lowest BCUT2D eigenvalue weighted by atomic mass is 9.87. The van der Waals surface area contributed by atoms with Crippen LogP contribution in [0, 0.1) is 5.41 Å². The van der Waals surface area contributed by atoms with Crippen molar-refractivity contribution in [2.75, 3.05) is 20.3 Å². The molecule has 0 fully saturated rings. The van der Waals surface area contributed by atoms with Crippen molar-refractivity contribution in [3.8, 4) is 0 Å². The van der Waals surface area contributed by atoms with Crippen molar-refractivity contribution in [2.45, 2.75) is 69.7 Å². The number of carbonyl (C=O) groups is 1. The number of hydrogen-bond donors (Lipinski definition) is 0. The topological polar surface area (TPSA) is 35.5 Å². The molecule has 0 unspecified atom stereocenters. The first-order chi connectivity index (χ1) is 6.54. The van der Waals surface area contributed by atoms with Gasteiger partial charge in [0.05, 0.1) is 12.0 Å². The zero-order valence-corrected chi connectivity index (χ0v) is 9.76. The molecule has 0 aromatic rings. The zero-order chi connectivity index (χ0) is 11.0. The van der Waals surface area contributed by atoms with E-state index in [1.165, 1.54) is 0 Å². The Hall–Kier alpha value is -0.570. The third-order valence-corrected chi connectivity index (χ3v) is 2.23. The highest BCUT2D eigenvalue weighted by Crippen LogP contribution is 2.24. The van der Waals surface area contributed by atoms with Crippen molar-refractivity contribution in [1.29, 1.82) is 0 Å². The Balaban J connectivity index is -0.000000141. The molecule has 0 heterocycles. The maximum atomic E-state index is 11.6. The molecule has 0 atom stereocenters. The maximum Gasteiger partial charge on any atom is 0.311 e. The second-order valence-electron chi connectivity index (χ2n) is 4.12. The molecular formula is C15H38O3. The van der Waals surface area contributed by atoms with E-state index in [9.17, 15) is 4.79 Å². The monoisotopic (exact) mass is 266 g/mol. The highest BCUT2D eigenvalue weighted by Gasteiger charge is 2.28. The molecule has 0 aliphatic carbocycles. The minimum atomic E-state index is -0.357. The summed E-state index contributed by atoms with van der Waals surface area (Å²) in [7, 11) is 1.59. The van der Waals surface area contributed by atoms with Crippen molar-refractivity contribution in [2.24, 2.45) is 5.41 Å². The van der Waals surface area contributed by atoms with Gasteiger partial charge in [0, 0.05) is 7.11 Å². The summed E-state index contributed by atoms with van der Waals surface area (Å²) in [6.45, 7) is 6.79. The van der Waals surface area contributed by atoms with Gasteiger partial charge in [-0.05, 0) is 20.3 Å². The summed E-state index contributed by atoms with van der Waals surface area (Å²) in [6, 6.07) is 0. The van der Waals surface area contributed by atoms with Gasteiger partial charge in [0.15, 0.2) is 0 Å². The third kappa shape index (κ3) is 13.5. The number of methoxy groups -OCH3 is 1. The van der Waals surface area contributed by atoms with Gasteiger partial charge in [-0.25, -0.2) is 0 Å². The fourth-order valence-corrected chi connectivity index (χ4v) is 1.13. The molecule has 0 N–H and O–H groups in total. The summed E-state index contributed by atoms with van der Waals surface area (Å²) >= 11 is 0. The van der Waals surface area contributed by atoms with Crippen LogP contribution in [0.1, 0.15) is 69.7 Å². The van der Waals surface area contributed by atoms with Crippen LogP contribution in [-0.4, -0.2) is 26.3 Å². The normalized spacial score (nSPS) is 8.89. The third-order valence-electron chi connectivity index (χ3n) is 2.23. The van der Waals surface area contributed by atoms with Gasteiger partial charge in [0.2, 0.25) is 0 Å². The van der Waals surface area contributed by atoms with Crippen LogP contribution >= 0.6 is 0 Å². The molecule has 0 aromatic carbocycles. The SMILES string of the molecule is C.C.C.C.CCCCC(C)(C)C(=O)OCCOC. The number of hydrogen-bond acceptors (Lipinski definition) is 3. The van der Waals surface area contributed by atoms with E-state index in [0.717, 1.165) is 19.3 Å². The van der Waals surface area contributed by atoms with E-state index in [1.807, 2.05) is 13.8 Å². The molecule has 18 heavy (non-hydrogen) atoms. The Morgan fingerprint density at radius 1 is 1.06 bits per heavy atom. The quantitative estimate of drug-likeness (QED) is 0.484. The average molecular weight is 266 g/mol. The van der Waals surface area contributed by atoms with Gasteiger partial charge in [0.25, 0.3) is 0 Å². The van der Waals surface area contributed by atoms with Gasteiger partial charge >= 0.3 is 5.97 Å². The molecule has 0 spiro atoms. The standard InChI is InChI=1S/C11H22O3.4CH4/c1-5-6-7-11(2,3)10(12)14-9-8-13-4;;;;/h5-9H2,1-4H3;4*1H4. The van der Waals surface area contributed by atoms with E-state index in [4.69, 9.17) is 9.47 Å². The molecule has 0 aliphatic rings. The predicted molar refractivity (Wildman–Crippen MR) is 83.1 cm³/mol. The fourth-order valence-electron chi connectivity index (χ4n) is 1.13. The Labute approximate surface area is 116 Å². The molecule has 0 saturated heterocycles. The van der Waals surface area contributed by atoms with Crippen molar-refractivity contribution >= 4 is 5.97 Å². The molecular weight excluding hydrogens is 228 g/mol. The van der Waals surface area contributed by atoms with Gasteiger partial charge in [-0.3, -0.25) is 4.79 Å². The molecule has 0 aromatic heterocycles. The van der Waals surface area contributed by atoms with Crippen LogP contribution < -0.4 is 0 Å². The summed E-state index contributed by atoms with van der Waals surface area (Å²) in [6.07, 6.45) is 3.05. The van der Waals surface area contributed by atoms with Crippen molar-refractivity contribution in [1.82, 2.24) is 0 Å². The maximum absolute atomic E-state index is 11.6. The summed E-state index contributed by atoms with van der Waals surface area (Å²) in [5.74, 6) is -0.122. The largest absolute Gasteiger partial charge is 0.463 e. The van der Waals surface area contributed by atoms with E-state index >= 15 is 0 Å².